The molecule has 0 N–H and O–H groups in total. The number of hydrogen-bond acceptors (Lipinski definition) is 1. The maximum atomic E-state index is 6.14. The molecule has 0 aromatic rings. The van der Waals surface area contributed by atoms with Crippen LogP contribution in [0.4, 0.5) is 0 Å². The summed E-state index contributed by atoms with van der Waals surface area (Å²) in [5.41, 5.74) is 0. The molecule has 0 aliphatic heterocycles. The van der Waals surface area contributed by atoms with E-state index in [9.17, 15) is 0 Å². The first kappa shape index (κ1) is 18.3. The van der Waals surface area contributed by atoms with Gasteiger partial charge in [0.2, 0.25) is 0 Å². The van der Waals surface area contributed by atoms with Crippen molar-refractivity contribution in [2.75, 3.05) is 6.61 Å². The molecule has 2 saturated carbocycles. The Balaban J connectivity index is 1.48. The molecule has 2 rings (SSSR count). The van der Waals surface area contributed by atoms with Crippen LogP contribution in [-0.2, 0) is 4.74 Å². The third kappa shape index (κ3) is 6.60. The van der Waals surface area contributed by atoms with E-state index in [1.807, 2.05) is 0 Å². The van der Waals surface area contributed by atoms with Gasteiger partial charge in [0, 0.05) is 6.61 Å². The Kier molecular flexibility index (Phi) is 8.89. The SMILES string of the molecule is CCCCCCCCOC1CCC(C2CCC(C)CC2)CC1. The first-order chi connectivity index (χ1) is 10.8. The van der Waals surface area contributed by atoms with Gasteiger partial charge in [-0.3, -0.25) is 0 Å². The minimum atomic E-state index is 0.592. The summed E-state index contributed by atoms with van der Waals surface area (Å²) in [6.45, 7) is 5.74. The van der Waals surface area contributed by atoms with Gasteiger partial charge in [0.25, 0.3) is 0 Å². The second-order valence-electron chi connectivity index (χ2n) is 8.20. The standard InChI is InChI=1S/C21H40O/c1-3-4-5-6-7-8-17-22-21-15-13-20(14-16-21)19-11-9-18(2)10-12-19/h18-21H,3-17H2,1-2H3. The van der Waals surface area contributed by atoms with E-state index < -0.39 is 0 Å². The quantitative estimate of drug-likeness (QED) is 0.428. The van der Waals surface area contributed by atoms with Gasteiger partial charge in [0.05, 0.1) is 6.10 Å². The van der Waals surface area contributed by atoms with Crippen molar-refractivity contribution in [1.82, 2.24) is 0 Å². The molecule has 22 heavy (non-hydrogen) atoms. The first-order valence-electron chi connectivity index (χ1n) is 10.4. The second kappa shape index (κ2) is 10.7. The summed E-state index contributed by atoms with van der Waals surface area (Å²) >= 11 is 0. The zero-order valence-electron chi connectivity index (χ0n) is 15.3. The van der Waals surface area contributed by atoms with Crippen molar-refractivity contribution in [2.24, 2.45) is 17.8 Å². The molecule has 0 amide bonds. The molecular weight excluding hydrogens is 268 g/mol. The molecule has 130 valence electrons. The average Bonchev–Trinajstić information content (AvgIpc) is 2.55. The smallest absolute Gasteiger partial charge is 0.0575 e. The maximum absolute atomic E-state index is 6.14. The van der Waals surface area contributed by atoms with E-state index in [-0.39, 0.29) is 0 Å². The lowest BCUT2D eigenvalue weighted by molar-refractivity contribution is 0.00563. The lowest BCUT2D eigenvalue weighted by atomic mass is 9.71. The zero-order chi connectivity index (χ0) is 15.6. The number of unbranched alkanes of at least 4 members (excludes halogenated alkanes) is 5. The van der Waals surface area contributed by atoms with Crippen LogP contribution >= 0.6 is 0 Å². The maximum Gasteiger partial charge on any atom is 0.0575 e. The summed E-state index contributed by atoms with van der Waals surface area (Å²) in [6, 6.07) is 0. The van der Waals surface area contributed by atoms with Crippen LogP contribution in [0.15, 0.2) is 0 Å². The van der Waals surface area contributed by atoms with Crippen molar-refractivity contribution in [3.63, 3.8) is 0 Å². The molecular formula is C21H40O. The highest BCUT2D eigenvalue weighted by atomic mass is 16.5. The molecule has 1 nitrogen and oxygen atoms in total. The van der Waals surface area contributed by atoms with Gasteiger partial charge in [-0.05, 0) is 62.7 Å². The summed E-state index contributed by atoms with van der Waals surface area (Å²) in [4.78, 5) is 0. The third-order valence-electron chi connectivity index (χ3n) is 6.30. The highest BCUT2D eigenvalue weighted by Crippen LogP contribution is 2.40. The molecule has 2 fully saturated rings. The van der Waals surface area contributed by atoms with Gasteiger partial charge < -0.3 is 4.74 Å². The van der Waals surface area contributed by atoms with Crippen LogP contribution in [0.3, 0.4) is 0 Å². The summed E-state index contributed by atoms with van der Waals surface area (Å²) in [6.07, 6.45) is 20.4. The lowest BCUT2D eigenvalue weighted by Gasteiger charge is -2.37. The Bertz CT molecular complexity index is 259. The largest absolute Gasteiger partial charge is 0.378 e. The van der Waals surface area contributed by atoms with Crippen LogP contribution in [0.5, 0.6) is 0 Å². The summed E-state index contributed by atoms with van der Waals surface area (Å²) in [5, 5.41) is 0. The van der Waals surface area contributed by atoms with E-state index in [1.165, 1.54) is 89.9 Å². The van der Waals surface area contributed by atoms with Crippen molar-refractivity contribution in [1.29, 1.82) is 0 Å². The van der Waals surface area contributed by atoms with Gasteiger partial charge in [0.1, 0.15) is 0 Å². The monoisotopic (exact) mass is 308 g/mol. The van der Waals surface area contributed by atoms with E-state index in [2.05, 4.69) is 13.8 Å². The van der Waals surface area contributed by atoms with Crippen LogP contribution in [0.25, 0.3) is 0 Å². The van der Waals surface area contributed by atoms with Gasteiger partial charge in [-0.25, -0.2) is 0 Å². The molecule has 2 aliphatic carbocycles. The van der Waals surface area contributed by atoms with E-state index in [0.29, 0.717) is 6.10 Å². The van der Waals surface area contributed by atoms with Crippen molar-refractivity contribution in [3.8, 4) is 0 Å². The van der Waals surface area contributed by atoms with Crippen LogP contribution in [0.2, 0.25) is 0 Å². The highest BCUT2D eigenvalue weighted by Gasteiger charge is 2.30. The number of rotatable bonds is 9. The Morgan fingerprint density at radius 2 is 1.23 bits per heavy atom. The minimum absolute atomic E-state index is 0.592. The fraction of sp³-hybridized carbons (Fsp3) is 1.00. The normalized spacial score (nSPS) is 33.0. The fourth-order valence-electron chi connectivity index (χ4n) is 4.62. The number of ether oxygens (including phenoxy) is 1. The molecule has 0 radical (unpaired) electrons. The van der Waals surface area contributed by atoms with Gasteiger partial charge in [0.15, 0.2) is 0 Å². The van der Waals surface area contributed by atoms with E-state index in [1.54, 1.807) is 0 Å². The van der Waals surface area contributed by atoms with Crippen molar-refractivity contribution < 1.29 is 4.74 Å². The summed E-state index contributed by atoms with van der Waals surface area (Å²) < 4.78 is 6.14. The van der Waals surface area contributed by atoms with E-state index in [4.69, 9.17) is 4.74 Å². The summed E-state index contributed by atoms with van der Waals surface area (Å²) in [7, 11) is 0. The van der Waals surface area contributed by atoms with Crippen LogP contribution in [-0.4, -0.2) is 12.7 Å². The molecule has 0 aromatic carbocycles. The Morgan fingerprint density at radius 3 is 1.86 bits per heavy atom. The molecule has 0 unspecified atom stereocenters. The lowest BCUT2D eigenvalue weighted by Crippen LogP contribution is -2.28. The second-order valence-corrected chi connectivity index (χ2v) is 8.20. The summed E-state index contributed by atoms with van der Waals surface area (Å²) in [5.74, 6) is 3.07. The van der Waals surface area contributed by atoms with Crippen LogP contribution in [0, 0.1) is 17.8 Å². The van der Waals surface area contributed by atoms with Crippen LogP contribution in [0.1, 0.15) is 104 Å². The molecule has 1 heteroatoms. The number of hydrogen-bond donors (Lipinski definition) is 0. The Hall–Kier alpha value is -0.0400. The zero-order valence-corrected chi connectivity index (χ0v) is 15.3. The highest BCUT2D eigenvalue weighted by molar-refractivity contribution is 4.81. The Morgan fingerprint density at radius 1 is 0.682 bits per heavy atom. The van der Waals surface area contributed by atoms with Crippen LogP contribution < -0.4 is 0 Å². The molecule has 2 aliphatic rings. The molecule has 0 aromatic heterocycles. The van der Waals surface area contributed by atoms with Crippen molar-refractivity contribution >= 4 is 0 Å². The topological polar surface area (TPSA) is 9.23 Å². The fourth-order valence-corrected chi connectivity index (χ4v) is 4.62. The van der Waals surface area contributed by atoms with Gasteiger partial charge >= 0.3 is 0 Å². The predicted octanol–water partition coefficient (Wildman–Crippen LogP) is 6.75. The third-order valence-corrected chi connectivity index (χ3v) is 6.30. The van der Waals surface area contributed by atoms with Crippen molar-refractivity contribution in [3.05, 3.63) is 0 Å². The van der Waals surface area contributed by atoms with Crippen molar-refractivity contribution in [2.45, 2.75) is 110 Å². The van der Waals surface area contributed by atoms with E-state index in [0.717, 1.165) is 24.4 Å². The predicted molar refractivity (Wildman–Crippen MR) is 96.2 cm³/mol. The van der Waals surface area contributed by atoms with Gasteiger partial charge in [-0.1, -0.05) is 58.8 Å². The molecule has 0 saturated heterocycles. The molecule has 0 spiro atoms. The first-order valence-corrected chi connectivity index (χ1v) is 10.4. The van der Waals surface area contributed by atoms with Gasteiger partial charge in [-0.15, -0.1) is 0 Å². The Labute approximate surface area is 139 Å². The average molecular weight is 309 g/mol. The van der Waals surface area contributed by atoms with Gasteiger partial charge in [-0.2, -0.15) is 0 Å². The molecule has 0 heterocycles. The van der Waals surface area contributed by atoms with E-state index >= 15 is 0 Å². The molecule has 0 atom stereocenters. The molecule has 0 bridgehead atoms. The minimum Gasteiger partial charge on any atom is -0.378 e.